The summed E-state index contributed by atoms with van der Waals surface area (Å²) in [5, 5.41) is 0. The van der Waals surface area contributed by atoms with Gasteiger partial charge in [-0.3, -0.25) is 4.98 Å². The molecule has 0 N–H and O–H groups in total. The summed E-state index contributed by atoms with van der Waals surface area (Å²) in [6.07, 6.45) is 5.50. The fourth-order valence-electron chi connectivity index (χ4n) is 2.27. The van der Waals surface area contributed by atoms with Crippen molar-refractivity contribution in [1.82, 2.24) is 4.98 Å². The van der Waals surface area contributed by atoms with Gasteiger partial charge < -0.3 is 4.90 Å². The predicted octanol–water partition coefficient (Wildman–Crippen LogP) is 5.19. The van der Waals surface area contributed by atoms with Gasteiger partial charge >= 0.3 is 0 Å². The summed E-state index contributed by atoms with van der Waals surface area (Å²) in [6, 6.07) is 22.6. The maximum atomic E-state index is 4.23. The third-order valence-corrected chi connectivity index (χ3v) is 3.31. The summed E-state index contributed by atoms with van der Waals surface area (Å²) in [6.45, 7) is 3.80. The van der Waals surface area contributed by atoms with E-state index < -0.39 is 0 Å². The maximum Gasteiger partial charge on any atom is 0.0644 e. The molecule has 102 valence electrons. The van der Waals surface area contributed by atoms with E-state index in [1.807, 2.05) is 36.5 Å². The summed E-state index contributed by atoms with van der Waals surface area (Å²) < 4.78 is 0. The van der Waals surface area contributed by atoms with Gasteiger partial charge in [0.15, 0.2) is 0 Å². The van der Waals surface area contributed by atoms with Gasteiger partial charge in [0, 0.05) is 17.6 Å². The van der Waals surface area contributed by atoms with E-state index in [1.165, 1.54) is 0 Å². The molecule has 2 nitrogen and oxygen atoms in total. The van der Waals surface area contributed by atoms with Crippen LogP contribution in [0.25, 0.3) is 6.08 Å². The molecule has 0 saturated heterocycles. The molecular weight excluding hydrogens is 256 g/mol. The zero-order valence-electron chi connectivity index (χ0n) is 11.7. The van der Waals surface area contributed by atoms with Crippen LogP contribution >= 0.6 is 0 Å². The van der Waals surface area contributed by atoms with Crippen molar-refractivity contribution in [3.8, 4) is 0 Å². The highest BCUT2D eigenvalue weighted by Gasteiger charge is 2.11. The smallest absolute Gasteiger partial charge is 0.0644 e. The number of benzene rings is 2. The van der Waals surface area contributed by atoms with Crippen LogP contribution in [0.5, 0.6) is 0 Å². The van der Waals surface area contributed by atoms with Crippen molar-refractivity contribution >= 4 is 23.1 Å². The van der Waals surface area contributed by atoms with E-state index in [9.17, 15) is 0 Å². The molecule has 2 aromatic carbocycles. The van der Waals surface area contributed by atoms with Gasteiger partial charge in [0.2, 0.25) is 0 Å². The lowest BCUT2D eigenvalue weighted by molar-refractivity contribution is 1.23. The van der Waals surface area contributed by atoms with E-state index in [2.05, 4.69) is 58.9 Å². The number of hydrogen-bond donors (Lipinski definition) is 0. The fourth-order valence-corrected chi connectivity index (χ4v) is 2.27. The normalized spacial score (nSPS) is 10.1. The van der Waals surface area contributed by atoms with E-state index in [4.69, 9.17) is 0 Å². The lowest BCUT2D eigenvalue weighted by Gasteiger charge is -2.25. The van der Waals surface area contributed by atoms with E-state index >= 15 is 0 Å². The molecule has 0 bridgehead atoms. The second-order valence-electron chi connectivity index (χ2n) is 4.68. The number of pyridine rings is 1. The zero-order chi connectivity index (χ0) is 14.5. The second-order valence-corrected chi connectivity index (χ2v) is 4.68. The highest BCUT2D eigenvalue weighted by molar-refractivity contribution is 5.76. The lowest BCUT2D eigenvalue weighted by Crippen LogP contribution is -2.09. The average molecular weight is 272 g/mol. The first-order chi connectivity index (χ1) is 10.4. The first-order valence-corrected chi connectivity index (χ1v) is 6.86. The molecule has 3 rings (SSSR count). The molecule has 0 aliphatic heterocycles. The highest BCUT2D eigenvalue weighted by atomic mass is 15.1. The van der Waals surface area contributed by atoms with Gasteiger partial charge in [0.1, 0.15) is 0 Å². The third kappa shape index (κ3) is 2.84. The SMILES string of the molecule is C=Cc1ccc(N(c2ccccc2)c2cccnc2)cc1. The Kier molecular flexibility index (Phi) is 3.79. The summed E-state index contributed by atoms with van der Waals surface area (Å²) in [5.74, 6) is 0. The van der Waals surface area contributed by atoms with Gasteiger partial charge in [-0.1, -0.05) is 43.0 Å². The third-order valence-electron chi connectivity index (χ3n) is 3.31. The molecule has 0 amide bonds. The van der Waals surface area contributed by atoms with Crippen LogP contribution in [0.2, 0.25) is 0 Å². The van der Waals surface area contributed by atoms with Crippen molar-refractivity contribution in [2.75, 3.05) is 4.90 Å². The van der Waals surface area contributed by atoms with Crippen LogP contribution in [0.4, 0.5) is 17.1 Å². The van der Waals surface area contributed by atoms with E-state index in [0.717, 1.165) is 22.6 Å². The molecule has 1 heterocycles. The Balaban J connectivity index is 2.09. The van der Waals surface area contributed by atoms with Gasteiger partial charge in [-0.15, -0.1) is 0 Å². The van der Waals surface area contributed by atoms with Gasteiger partial charge in [-0.05, 0) is 42.0 Å². The topological polar surface area (TPSA) is 16.1 Å². The Bertz CT molecular complexity index is 664. The molecule has 2 heteroatoms. The van der Waals surface area contributed by atoms with Crippen LogP contribution in [-0.2, 0) is 0 Å². The van der Waals surface area contributed by atoms with E-state index in [1.54, 1.807) is 6.20 Å². The Hall–Kier alpha value is -2.87. The largest absolute Gasteiger partial charge is 0.309 e. The molecule has 21 heavy (non-hydrogen) atoms. The summed E-state index contributed by atoms with van der Waals surface area (Å²) in [7, 11) is 0. The van der Waals surface area contributed by atoms with Gasteiger partial charge in [-0.25, -0.2) is 0 Å². The molecule has 0 saturated carbocycles. The van der Waals surface area contributed by atoms with Crippen molar-refractivity contribution in [1.29, 1.82) is 0 Å². The van der Waals surface area contributed by atoms with Crippen molar-refractivity contribution in [3.05, 3.63) is 91.3 Å². The van der Waals surface area contributed by atoms with Gasteiger partial charge in [-0.2, -0.15) is 0 Å². The molecule has 0 atom stereocenters. The molecule has 0 radical (unpaired) electrons. The zero-order valence-corrected chi connectivity index (χ0v) is 11.7. The van der Waals surface area contributed by atoms with Crippen molar-refractivity contribution < 1.29 is 0 Å². The summed E-state index contributed by atoms with van der Waals surface area (Å²) in [5.41, 5.74) is 4.35. The summed E-state index contributed by atoms with van der Waals surface area (Å²) >= 11 is 0. The minimum atomic E-state index is 1.04. The van der Waals surface area contributed by atoms with Crippen LogP contribution < -0.4 is 4.90 Å². The highest BCUT2D eigenvalue weighted by Crippen LogP contribution is 2.33. The summed E-state index contributed by atoms with van der Waals surface area (Å²) in [4.78, 5) is 6.41. The van der Waals surface area contributed by atoms with Crippen molar-refractivity contribution in [2.24, 2.45) is 0 Å². The molecule has 0 aliphatic carbocycles. The molecule has 3 aromatic rings. The standard InChI is InChI=1S/C19H16N2/c1-2-16-10-12-18(13-11-16)21(17-7-4-3-5-8-17)19-9-6-14-20-15-19/h2-15H,1H2. The minimum absolute atomic E-state index is 1.04. The number of hydrogen-bond acceptors (Lipinski definition) is 2. The Morgan fingerprint density at radius 1 is 0.762 bits per heavy atom. The molecule has 0 spiro atoms. The van der Waals surface area contributed by atoms with E-state index in [-0.39, 0.29) is 0 Å². The molecular formula is C19H16N2. The van der Waals surface area contributed by atoms with Crippen LogP contribution in [0.15, 0.2) is 85.7 Å². The van der Waals surface area contributed by atoms with Crippen LogP contribution in [-0.4, -0.2) is 4.98 Å². The van der Waals surface area contributed by atoms with Crippen LogP contribution in [0.1, 0.15) is 5.56 Å². The number of aromatic nitrogens is 1. The molecule has 0 fully saturated rings. The number of para-hydroxylation sites is 1. The van der Waals surface area contributed by atoms with Crippen LogP contribution in [0, 0.1) is 0 Å². The second kappa shape index (κ2) is 6.06. The Labute approximate surface area is 125 Å². The minimum Gasteiger partial charge on any atom is -0.309 e. The Morgan fingerprint density at radius 3 is 2.05 bits per heavy atom. The fraction of sp³-hybridized carbons (Fsp3) is 0. The first-order valence-electron chi connectivity index (χ1n) is 6.86. The number of anilines is 3. The quantitative estimate of drug-likeness (QED) is 0.649. The molecule has 0 aliphatic rings. The monoisotopic (exact) mass is 272 g/mol. The molecule has 1 aromatic heterocycles. The number of rotatable bonds is 4. The van der Waals surface area contributed by atoms with Gasteiger partial charge in [0.25, 0.3) is 0 Å². The maximum absolute atomic E-state index is 4.23. The predicted molar refractivity (Wildman–Crippen MR) is 89.0 cm³/mol. The number of nitrogens with zero attached hydrogens (tertiary/aromatic N) is 2. The lowest BCUT2D eigenvalue weighted by atomic mass is 10.1. The first kappa shape index (κ1) is 13.1. The van der Waals surface area contributed by atoms with Crippen molar-refractivity contribution in [3.63, 3.8) is 0 Å². The average Bonchev–Trinajstić information content (AvgIpc) is 2.58. The van der Waals surface area contributed by atoms with E-state index in [0.29, 0.717) is 0 Å². The molecule has 0 unspecified atom stereocenters. The van der Waals surface area contributed by atoms with Crippen molar-refractivity contribution in [2.45, 2.75) is 0 Å². The van der Waals surface area contributed by atoms with Gasteiger partial charge in [0.05, 0.1) is 11.9 Å². The van der Waals surface area contributed by atoms with Crippen LogP contribution in [0.3, 0.4) is 0 Å². The Morgan fingerprint density at radius 2 is 1.43 bits per heavy atom.